The van der Waals surface area contributed by atoms with E-state index in [2.05, 4.69) is 5.32 Å². The molecule has 0 amide bonds. The molecule has 1 heterocycles. The van der Waals surface area contributed by atoms with Gasteiger partial charge in [-0.3, -0.25) is 0 Å². The monoisotopic (exact) mass is 223 g/mol. The zero-order valence-corrected chi connectivity index (χ0v) is 9.62. The molecule has 0 saturated carbocycles. The van der Waals surface area contributed by atoms with Gasteiger partial charge < -0.3 is 19.9 Å². The molecule has 1 saturated heterocycles. The molecule has 4 nitrogen and oxygen atoms in total. The number of hydrogen-bond donors (Lipinski definition) is 2. The fraction of sp³-hybridized carbons (Fsp3) is 0.500. The minimum Gasteiger partial charge on any atom is -0.502 e. The number of hydrogen-bond acceptors (Lipinski definition) is 4. The Morgan fingerprint density at radius 3 is 2.31 bits per heavy atom. The summed E-state index contributed by atoms with van der Waals surface area (Å²) in [7, 11) is 3.08. The van der Waals surface area contributed by atoms with E-state index in [1.54, 1.807) is 14.2 Å². The Labute approximate surface area is 95.2 Å². The molecule has 2 rings (SSSR count). The number of benzene rings is 1. The number of phenolic OH excluding ortho intramolecular Hbond substituents is 1. The van der Waals surface area contributed by atoms with E-state index in [9.17, 15) is 5.11 Å². The van der Waals surface area contributed by atoms with Crippen molar-refractivity contribution in [3.05, 3.63) is 17.7 Å². The van der Waals surface area contributed by atoms with Crippen molar-refractivity contribution >= 4 is 0 Å². The highest BCUT2D eigenvalue weighted by atomic mass is 16.5. The summed E-state index contributed by atoms with van der Waals surface area (Å²) < 4.78 is 10.3. The van der Waals surface area contributed by atoms with Crippen LogP contribution >= 0.6 is 0 Å². The van der Waals surface area contributed by atoms with E-state index in [4.69, 9.17) is 9.47 Å². The fourth-order valence-corrected chi connectivity index (χ4v) is 2.08. The number of aromatic hydroxyl groups is 1. The second-order valence-electron chi connectivity index (χ2n) is 3.92. The van der Waals surface area contributed by atoms with E-state index in [0.717, 1.165) is 18.5 Å². The average molecular weight is 223 g/mol. The maximum absolute atomic E-state index is 9.79. The normalized spacial score (nSPS) is 19.8. The summed E-state index contributed by atoms with van der Waals surface area (Å²) in [6, 6.07) is 4.06. The highest BCUT2D eigenvalue weighted by Gasteiger charge is 2.20. The molecule has 1 fully saturated rings. The van der Waals surface area contributed by atoms with Crippen molar-refractivity contribution in [2.75, 3.05) is 20.8 Å². The zero-order chi connectivity index (χ0) is 11.5. The third-order valence-electron chi connectivity index (χ3n) is 2.96. The Bertz CT molecular complexity index is 348. The van der Waals surface area contributed by atoms with Crippen LogP contribution in [0.25, 0.3) is 0 Å². The van der Waals surface area contributed by atoms with Gasteiger partial charge in [-0.15, -0.1) is 0 Å². The van der Waals surface area contributed by atoms with Crippen LogP contribution in [0, 0.1) is 0 Å². The number of nitrogens with one attached hydrogen (secondary N) is 1. The highest BCUT2D eigenvalue weighted by molar-refractivity contribution is 5.53. The second kappa shape index (κ2) is 4.61. The highest BCUT2D eigenvalue weighted by Crippen LogP contribution is 2.39. The van der Waals surface area contributed by atoms with Crippen molar-refractivity contribution in [2.24, 2.45) is 0 Å². The lowest BCUT2D eigenvalue weighted by atomic mass is 10.0. The number of methoxy groups -OCH3 is 2. The smallest absolute Gasteiger partial charge is 0.200 e. The van der Waals surface area contributed by atoms with Crippen LogP contribution in [0.1, 0.15) is 24.4 Å². The molecule has 1 aromatic rings. The van der Waals surface area contributed by atoms with Crippen LogP contribution in [0.15, 0.2) is 12.1 Å². The molecule has 1 aliphatic rings. The van der Waals surface area contributed by atoms with Gasteiger partial charge in [-0.1, -0.05) is 0 Å². The maximum atomic E-state index is 9.79. The molecule has 0 radical (unpaired) electrons. The SMILES string of the molecule is COc1cc([C@@H]2CCCN2)cc(OC)c1O. The first-order valence-electron chi connectivity index (χ1n) is 5.44. The van der Waals surface area contributed by atoms with E-state index in [-0.39, 0.29) is 5.75 Å². The van der Waals surface area contributed by atoms with Crippen molar-refractivity contribution in [3.8, 4) is 17.2 Å². The first-order chi connectivity index (χ1) is 7.76. The minimum absolute atomic E-state index is 0.0618. The van der Waals surface area contributed by atoms with Crippen LogP contribution in [-0.4, -0.2) is 25.9 Å². The van der Waals surface area contributed by atoms with Crippen molar-refractivity contribution in [3.63, 3.8) is 0 Å². The molecule has 16 heavy (non-hydrogen) atoms. The fourth-order valence-electron chi connectivity index (χ4n) is 2.08. The van der Waals surface area contributed by atoms with Crippen LogP contribution < -0.4 is 14.8 Å². The summed E-state index contributed by atoms with van der Waals surface area (Å²) >= 11 is 0. The molecule has 0 spiro atoms. The molecular formula is C12H17NO3. The summed E-state index contributed by atoms with van der Waals surface area (Å²) in [4.78, 5) is 0. The van der Waals surface area contributed by atoms with Gasteiger partial charge in [0.05, 0.1) is 14.2 Å². The third kappa shape index (κ3) is 1.93. The molecule has 0 unspecified atom stereocenters. The number of phenols is 1. The summed E-state index contributed by atoms with van der Waals surface area (Å²) in [5.74, 6) is 0.984. The van der Waals surface area contributed by atoms with Gasteiger partial charge in [0.2, 0.25) is 5.75 Å². The largest absolute Gasteiger partial charge is 0.502 e. The lowest BCUT2D eigenvalue weighted by Gasteiger charge is -2.15. The van der Waals surface area contributed by atoms with Gasteiger partial charge in [-0.05, 0) is 37.1 Å². The van der Waals surface area contributed by atoms with Crippen LogP contribution in [0.3, 0.4) is 0 Å². The van der Waals surface area contributed by atoms with Gasteiger partial charge in [0.1, 0.15) is 0 Å². The van der Waals surface area contributed by atoms with Crippen molar-refractivity contribution in [1.29, 1.82) is 0 Å². The van der Waals surface area contributed by atoms with E-state index < -0.39 is 0 Å². The first-order valence-corrected chi connectivity index (χ1v) is 5.44. The molecule has 4 heteroatoms. The van der Waals surface area contributed by atoms with E-state index in [1.807, 2.05) is 12.1 Å². The molecule has 2 N–H and O–H groups in total. The van der Waals surface area contributed by atoms with E-state index >= 15 is 0 Å². The molecule has 0 aliphatic carbocycles. The first kappa shape index (κ1) is 11.1. The Kier molecular flexibility index (Phi) is 3.19. The summed E-state index contributed by atoms with van der Waals surface area (Å²) in [6.45, 7) is 1.04. The summed E-state index contributed by atoms with van der Waals surface area (Å²) in [5, 5.41) is 13.2. The summed E-state index contributed by atoms with van der Waals surface area (Å²) in [5.41, 5.74) is 1.10. The van der Waals surface area contributed by atoms with Crippen LogP contribution in [-0.2, 0) is 0 Å². The topological polar surface area (TPSA) is 50.7 Å². The number of ether oxygens (including phenoxy) is 2. The lowest BCUT2D eigenvalue weighted by molar-refractivity contribution is 0.338. The van der Waals surface area contributed by atoms with Gasteiger partial charge >= 0.3 is 0 Å². The zero-order valence-electron chi connectivity index (χ0n) is 9.62. The second-order valence-corrected chi connectivity index (χ2v) is 3.92. The molecule has 88 valence electrons. The molecule has 1 aromatic carbocycles. The van der Waals surface area contributed by atoms with Crippen LogP contribution in [0.2, 0.25) is 0 Å². The molecular weight excluding hydrogens is 206 g/mol. The Hall–Kier alpha value is -1.42. The predicted octanol–water partition coefficient (Wildman–Crippen LogP) is 1.83. The molecule has 0 aromatic heterocycles. The average Bonchev–Trinajstić information content (AvgIpc) is 2.83. The Balaban J connectivity index is 2.37. The van der Waals surface area contributed by atoms with Crippen molar-refractivity contribution in [1.82, 2.24) is 5.32 Å². The number of rotatable bonds is 3. The van der Waals surface area contributed by atoms with Crippen molar-refractivity contribution in [2.45, 2.75) is 18.9 Å². The Morgan fingerprint density at radius 2 is 1.88 bits per heavy atom. The standard InChI is InChI=1S/C12H17NO3/c1-15-10-6-8(9-4-3-5-13-9)7-11(16-2)12(10)14/h6-7,9,13-14H,3-5H2,1-2H3/t9-/m0/s1. The van der Waals surface area contributed by atoms with Gasteiger partial charge in [0, 0.05) is 6.04 Å². The molecule has 0 bridgehead atoms. The maximum Gasteiger partial charge on any atom is 0.200 e. The van der Waals surface area contributed by atoms with Crippen LogP contribution in [0.5, 0.6) is 17.2 Å². The van der Waals surface area contributed by atoms with Gasteiger partial charge in [-0.2, -0.15) is 0 Å². The van der Waals surface area contributed by atoms with Gasteiger partial charge in [0.15, 0.2) is 11.5 Å². The predicted molar refractivity (Wildman–Crippen MR) is 61.2 cm³/mol. The minimum atomic E-state index is 0.0618. The molecule has 1 atom stereocenters. The quantitative estimate of drug-likeness (QED) is 0.821. The van der Waals surface area contributed by atoms with Gasteiger partial charge in [-0.25, -0.2) is 0 Å². The molecule has 1 aliphatic heterocycles. The summed E-state index contributed by atoms with van der Waals surface area (Å²) in [6.07, 6.45) is 2.28. The lowest BCUT2D eigenvalue weighted by Crippen LogP contribution is -2.13. The van der Waals surface area contributed by atoms with E-state index in [0.29, 0.717) is 17.5 Å². The van der Waals surface area contributed by atoms with Gasteiger partial charge in [0.25, 0.3) is 0 Å². The van der Waals surface area contributed by atoms with Crippen LogP contribution in [0.4, 0.5) is 0 Å². The van der Waals surface area contributed by atoms with E-state index in [1.165, 1.54) is 6.42 Å². The van der Waals surface area contributed by atoms with Crippen molar-refractivity contribution < 1.29 is 14.6 Å². The Morgan fingerprint density at radius 1 is 1.25 bits per heavy atom. The third-order valence-corrected chi connectivity index (χ3v) is 2.96.